The number of nitrogens with zero attached hydrogens (tertiary/aromatic N) is 3. The Morgan fingerprint density at radius 2 is 2.12 bits per heavy atom. The third-order valence-electron chi connectivity index (χ3n) is 2.35. The van der Waals surface area contributed by atoms with Gasteiger partial charge in [-0.25, -0.2) is 4.68 Å². The van der Waals surface area contributed by atoms with E-state index in [9.17, 15) is 0 Å². The van der Waals surface area contributed by atoms with Gasteiger partial charge < -0.3 is 5.73 Å². The first-order chi connectivity index (χ1) is 8.04. The predicted octanol–water partition coefficient (Wildman–Crippen LogP) is 2.94. The van der Waals surface area contributed by atoms with Gasteiger partial charge in [0.05, 0.1) is 16.4 Å². The summed E-state index contributed by atoms with van der Waals surface area (Å²) in [5.41, 5.74) is 7.36. The quantitative estimate of drug-likeness (QED) is 0.863. The van der Waals surface area contributed by atoms with E-state index in [0.717, 1.165) is 0 Å². The maximum Gasteiger partial charge on any atom is 0.145 e. The van der Waals surface area contributed by atoms with Crippen LogP contribution in [0.25, 0.3) is 5.69 Å². The van der Waals surface area contributed by atoms with Gasteiger partial charge in [0.2, 0.25) is 0 Å². The molecule has 0 aliphatic heterocycles. The minimum Gasteiger partial charge on any atom is -0.382 e. The summed E-state index contributed by atoms with van der Waals surface area (Å²) in [4.78, 5) is 0. The van der Waals surface area contributed by atoms with Crippen molar-refractivity contribution in [3.05, 3.63) is 39.5 Å². The summed E-state index contributed by atoms with van der Waals surface area (Å²) in [6, 6.07) is 6.99. The standard InChI is InChI=1S/C11H8Cl2N4/c1-6-8(5-14)11(15)17(16-6)10-3-2-7(12)4-9(10)13/h2-4H,15H2,1H3. The molecule has 0 spiro atoms. The van der Waals surface area contributed by atoms with E-state index >= 15 is 0 Å². The van der Waals surface area contributed by atoms with Gasteiger partial charge in [-0.05, 0) is 25.1 Å². The van der Waals surface area contributed by atoms with E-state index in [1.807, 2.05) is 6.07 Å². The van der Waals surface area contributed by atoms with Crippen LogP contribution in [0.1, 0.15) is 11.3 Å². The van der Waals surface area contributed by atoms with Crippen molar-refractivity contribution in [1.82, 2.24) is 9.78 Å². The molecule has 4 nitrogen and oxygen atoms in total. The van der Waals surface area contributed by atoms with Gasteiger partial charge in [0.1, 0.15) is 17.5 Å². The second-order valence-electron chi connectivity index (χ2n) is 3.46. The van der Waals surface area contributed by atoms with Crippen molar-refractivity contribution in [3.8, 4) is 11.8 Å². The number of anilines is 1. The molecule has 1 aromatic carbocycles. The summed E-state index contributed by atoms with van der Waals surface area (Å²) in [5, 5.41) is 14.1. The Morgan fingerprint density at radius 1 is 1.41 bits per heavy atom. The lowest BCUT2D eigenvalue weighted by atomic mass is 10.2. The van der Waals surface area contributed by atoms with Crippen LogP contribution >= 0.6 is 23.2 Å². The summed E-state index contributed by atoms with van der Waals surface area (Å²) in [6.07, 6.45) is 0. The Bertz CT molecular complexity index is 625. The molecule has 0 saturated carbocycles. The second kappa shape index (κ2) is 4.28. The average molecular weight is 267 g/mol. The Morgan fingerprint density at radius 3 is 2.65 bits per heavy atom. The molecule has 1 aromatic heterocycles. The minimum atomic E-state index is 0.272. The smallest absolute Gasteiger partial charge is 0.145 e. The van der Waals surface area contributed by atoms with E-state index in [2.05, 4.69) is 5.10 Å². The van der Waals surface area contributed by atoms with Crippen molar-refractivity contribution >= 4 is 29.0 Å². The summed E-state index contributed by atoms with van der Waals surface area (Å²) in [6.45, 7) is 1.72. The van der Waals surface area contributed by atoms with Crippen molar-refractivity contribution < 1.29 is 0 Å². The van der Waals surface area contributed by atoms with Crippen LogP contribution in [0.4, 0.5) is 5.82 Å². The van der Waals surface area contributed by atoms with E-state index in [-0.39, 0.29) is 5.82 Å². The fourth-order valence-corrected chi connectivity index (χ4v) is 2.01. The molecule has 0 amide bonds. The number of aromatic nitrogens is 2. The summed E-state index contributed by atoms with van der Waals surface area (Å²) in [7, 11) is 0. The summed E-state index contributed by atoms with van der Waals surface area (Å²) >= 11 is 11.9. The minimum absolute atomic E-state index is 0.272. The number of rotatable bonds is 1. The highest BCUT2D eigenvalue weighted by Crippen LogP contribution is 2.27. The lowest BCUT2D eigenvalue weighted by Gasteiger charge is -2.06. The van der Waals surface area contributed by atoms with E-state index in [0.29, 0.717) is 27.0 Å². The molecule has 0 saturated heterocycles. The molecule has 0 aliphatic rings. The number of halogens is 2. The molecule has 2 rings (SSSR count). The zero-order chi connectivity index (χ0) is 12.6. The van der Waals surface area contributed by atoms with Crippen LogP contribution in [0.5, 0.6) is 0 Å². The van der Waals surface area contributed by atoms with Crippen LogP contribution in [-0.2, 0) is 0 Å². The monoisotopic (exact) mass is 266 g/mol. The third kappa shape index (κ3) is 1.95. The van der Waals surface area contributed by atoms with Crippen molar-refractivity contribution in [1.29, 1.82) is 5.26 Å². The molecule has 2 aromatic rings. The Hall–Kier alpha value is -1.70. The first kappa shape index (κ1) is 11.8. The molecule has 0 radical (unpaired) electrons. The van der Waals surface area contributed by atoms with Crippen molar-refractivity contribution in [2.75, 3.05) is 5.73 Å². The maximum absolute atomic E-state index is 8.94. The van der Waals surface area contributed by atoms with Crippen LogP contribution in [0.15, 0.2) is 18.2 Å². The summed E-state index contributed by atoms with van der Waals surface area (Å²) in [5.74, 6) is 0.272. The van der Waals surface area contributed by atoms with Crippen molar-refractivity contribution in [3.63, 3.8) is 0 Å². The number of aryl methyl sites for hydroxylation is 1. The van der Waals surface area contributed by atoms with Crippen LogP contribution < -0.4 is 5.73 Å². The molecular weight excluding hydrogens is 259 g/mol. The second-order valence-corrected chi connectivity index (χ2v) is 4.31. The third-order valence-corrected chi connectivity index (χ3v) is 2.88. The summed E-state index contributed by atoms with van der Waals surface area (Å²) < 4.78 is 1.44. The predicted molar refractivity (Wildman–Crippen MR) is 67.4 cm³/mol. The molecule has 17 heavy (non-hydrogen) atoms. The zero-order valence-corrected chi connectivity index (χ0v) is 10.4. The van der Waals surface area contributed by atoms with Gasteiger partial charge in [-0.3, -0.25) is 0 Å². The van der Waals surface area contributed by atoms with Gasteiger partial charge in [0.25, 0.3) is 0 Å². The van der Waals surface area contributed by atoms with Gasteiger partial charge in [-0.1, -0.05) is 23.2 Å². The van der Waals surface area contributed by atoms with Gasteiger partial charge in [-0.2, -0.15) is 10.4 Å². The number of nitriles is 1. The highest BCUT2D eigenvalue weighted by molar-refractivity contribution is 6.35. The number of hydrogen-bond donors (Lipinski definition) is 1. The Balaban J connectivity index is 2.66. The fourth-order valence-electron chi connectivity index (χ4n) is 1.52. The normalized spacial score (nSPS) is 10.2. The van der Waals surface area contributed by atoms with Crippen molar-refractivity contribution in [2.45, 2.75) is 6.92 Å². The van der Waals surface area contributed by atoms with Gasteiger partial charge in [0, 0.05) is 5.02 Å². The topological polar surface area (TPSA) is 67.6 Å². The van der Waals surface area contributed by atoms with Gasteiger partial charge >= 0.3 is 0 Å². The van der Waals surface area contributed by atoms with Crippen molar-refractivity contribution in [2.24, 2.45) is 0 Å². The molecule has 6 heteroatoms. The lowest BCUT2D eigenvalue weighted by Crippen LogP contribution is -2.03. The molecule has 0 aliphatic carbocycles. The van der Waals surface area contributed by atoms with Gasteiger partial charge in [0.15, 0.2) is 0 Å². The number of nitrogens with two attached hydrogens (primary N) is 1. The first-order valence-electron chi connectivity index (χ1n) is 4.75. The highest BCUT2D eigenvalue weighted by Gasteiger charge is 2.15. The van der Waals surface area contributed by atoms with Crippen LogP contribution in [0.2, 0.25) is 10.0 Å². The molecule has 0 fully saturated rings. The molecule has 0 unspecified atom stereocenters. The number of hydrogen-bond acceptors (Lipinski definition) is 3. The highest BCUT2D eigenvalue weighted by atomic mass is 35.5. The number of nitrogen functional groups attached to an aromatic ring is 1. The fraction of sp³-hybridized carbons (Fsp3) is 0.0909. The van der Waals surface area contributed by atoms with Gasteiger partial charge in [-0.15, -0.1) is 0 Å². The molecule has 0 bridgehead atoms. The largest absolute Gasteiger partial charge is 0.382 e. The number of benzene rings is 1. The molecular formula is C11H8Cl2N4. The Labute approximate surface area is 108 Å². The molecule has 86 valence electrons. The first-order valence-corrected chi connectivity index (χ1v) is 5.51. The van der Waals surface area contributed by atoms with Crippen LogP contribution in [-0.4, -0.2) is 9.78 Å². The van der Waals surface area contributed by atoms with E-state index in [1.54, 1.807) is 25.1 Å². The Kier molecular flexibility index (Phi) is 2.97. The maximum atomic E-state index is 8.94. The zero-order valence-electron chi connectivity index (χ0n) is 8.91. The van der Waals surface area contributed by atoms with E-state index < -0.39 is 0 Å². The SMILES string of the molecule is Cc1nn(-c2ccc(Cl)cc2Cl)c(N)c1C#N. The molecule has 1 heterocycles. The average Bonchev–Trinajstić information content (AvgIpc) is 2.54. The van der Waals surface area contributed by atoms with E-state index in [1.165, 1.54) is 4.68 Å². The molecule has 0 atom stereocenters. The van der Waals surface area contributed by atoms with Crippen LogP contribution in [0.3, 0.4) is 0 Å². The van der Waals surface area contributed by atoms with E-state index in [4.69, 9.17) is 34.2 Å². The lowest BCUT2D eigenvalue weighted by molar-refractivity contribution is 0.872. The molecule has 2 N–H and O–H groups in total. The van der Waals surface area contributed by atoms with Crippen LogP contribution in [0, 0.1) is 18.3 Å².